The zero-order valence-corrected chi connectivity index (χ0v) is 14.9. The third-order valence-corrected chi connectivity index (χ3v) is 4.15. The molecule has 7 heteroatoms. The summed E-state index contributed by atoms with van der Waals surface area (Å²) in [5.41, 5.74) is 4.09. The molecule has 0 spiro atoms. The molecule has 2 aromatic rings. The van der Waals surface area contributed by atoms with Crippen molar-refractivity contribution in [2.45, 2.75) is 11.5 Å². The van der Waals surface area contributed by atoms with Gasteiger partial charge in [-0.05, 0) is 11.1 Å². The number of ether oxygens (including phenoxy) is 2. The standard InChI is InChI=1S/C20H19NO6/c1-26-18(24)17(23)20(21,19(25)27-2)16(22)15(13-9-5-3-6-10-13)14-11-7-4-8-12-14/h3-12,15H,21H2,1-2H3. The number of methoxy groups -OCH3 is 2. The van der Waals surface area contributed by atoms with E-state index < -0.39 is 35.0 Å². The summed E-state index contributed by atoms with van der Waals surface area (Å²) in [7, 11) is 1.93. The Balaban J connectivity index is 2.65. The Morgan fingerprint density at radius 3 is 1.63 bits per heavy atom. The van der Waals surface area contributed by atoms with Crippen LogP contribution in [0.15, 0.2) is 60.7 Å². The van der Waals surface area contributed by atoms with Gasteiger partial charge in [-0.1, -0.05) is 60.7 Å². The number of hydrogen-bond donors (Lipinski definition) is 1. The van der Waals surface area contributed by atoms with Crippen molar-refractivity contribution < 1.29 is 28.7 Å². The van der Waals surface area contributed by atoms with Gasteiger partial charge in [0.1, 0.15) is 0 Å². The summed E-state index contributed by atoms with van der Waals surface area (Å²) < 4.78 is 8.93. The fraction of sp³-hybridized carbons (Fsp3) is 0.200. The van der Waals surface area contributed by atoms with E-state index in [4.69, 9.17) is 5.73 Å². The van der Waals surface area contributed by atoms with E-state index in [1.54, 1.807) is 60.7 Å². The van der Waals surface area contributed by atoms with Crippen LogP contribution in [-0.4, -0.2) is 43.3 Å². The van der Waals surface area contributed by atoms with Crippen molar-refractivity contribution >= 4 is 23.5 Å². The maximum Gasteiger partial charge on any atom is 0.377 e. The molecular formula is C20H19NO6. The lowest BCUT2D eigenvalue weighted by molar-refractivity contribution is -0.163. The minimum Gasteiger partial charge on any atom is -0.467 e. The molecule has 1 atom stereocenters. The van der Waals surface area contributed by atoms with Crippen molar-refractivity contribution in [3.05, 3.63) is 71.8 Å². The van der Waals surface area contributed by atoms with E-state index in [9.17, 15) is 19.2 Å². The first-order chi connectivity index (χ1) is 12.9. The Labute approximate surface area is 156 Å². The Morgan fingerprint density at radius 1 is 0.815 bits per heavy atom. The molecule has 0 saturated heterocycles. The van der Waals surface area contributed by atoms with Crippen LogP contribution in [0.5, 0.6) is 0 Å². The average molecular weight is 369 g/mol. The Bertz CT molecular complexity index is 810. The molecule has 2 N–H and O–H groups in total. The summed E-state index contributed by atoms with van der Waals surface area (Å²) in [6.45, 7) is 0. The van der Waals surface area contributed by atoms with Crippen LogP contribution in [-0.2, 0) is 28.7 Å². The topological polar surface area (TPSA) is 113 Å². The summed E-state index contributed by atoms with van der Waals surface area (Å²) in [6.07, 6.45) is 0. The highest BCUT2D eigenvalue weighted by Gasteiger charge is 2.56. The molecule has 0 aliphatic heterocycles. The molecule has 0 radical (unpaired) electrons. The highest BCUT2D eigenvalue weighted by Crippen LogP contribution is 2.30. The van der Waals surface area contributed by atoms with Crippen molar-refractivity contribution in [1.82, 2.24) is 0 Å². The van der Waals surface area contributed by atoms with E-state index in [1.165, 1.54) is 0 Å². The van der Waals surface area contributed by atoms with Crippen LogP contribution < -0.4 is 5.73 Å². The first-order valence-electron chi connectivity index (χ1n) is 8.02. The normalized spacial score (nSPS) is 12.7. The zero-order valence-electron chi connectivity index (χ0n) is 14.9. The number of nitrogens with two attached hydrogens (primary N) is 1. The smallest absolute Gasteiger partial charge is 0.377 e. The second-order valence-electron chi connectivity index (χ2n) is 5.74. The van der Waals surface area contributed by atoms with Crippen molar-refractivity contribution in [3.63, 3.8) is 0 Å². The first kappa shape index (κ1) is 20.0. The van der Waals surface area contributed by atoms with Crippen molar-refractivity contribution in [3.8, 4) is 0 Å². The predicted molar refractivity (Wildman–Crippen MR) is 95.7 cm³/mol. The Hall–Kier alpha value is -3.32. The molecule has 0 aromatic heterocycles. The van der Waals surface area contributed by atoms with Crippen LogP contribution in [0.25, 0.3) is 0 Å². The second kappa shape index (κ2) is 8.37. The number of carbonyl (C=O) groups excluding carboxylic acids is 4. The van der Waals surface area contributed by atoms with Crippen LogP contribution in [0.3, 0.4) is 0 Å². The largest absolute Gasteiger partial charge is 0.467 e. The van der Waals surface area contributed by atoms with Gasteiger partial charge in [0.05, 0.1) is 20.1 Å². The minimum absolute atomic E-state index is 0.505. The number of hydrogen-bond acceptors (Lipinski definition) is 7. The Kier molecular flexibility index (Phi) is 6.20. The quantitative estimate of drug-likeness (QED) is 0.440. The van der Waals surface area contributed by atoms with E-state index in [-0.39, 0.29) is 0 Å². The molecule has 1 unspecified atom stereocenters. The molecule has 0 fully saturated rings. The molecule has 7 nitrogen and oxygen atoms in total. The van der Waals surface area contributed by atoms with Gasteiger partial charge in [0.25, 0.3) is 5.78 Å². The van der Waals surface area contributed by atoms with E-state index in [0.717, 1.165) is 14.2 Å². The fourth-order valence-corrected chi connectivity index (χ4v) is 2.73. The van der Waals surface area contributed by atoms with Gasteiger partial charge >= 0.3 is 11.9 Å². The van der Waals surface area contributed by atoms with Gasteiger partial charge in [-0.25, -0.2) is 9.59 Å². The molecule has 2 rings (SSSR count). The molecule has 27 heavy (non-hydrogen) atoms. The molecule has 2 aromatic carbocycles. The highest BCUT2D eigenvalue weighted by atomic mass is 16.5. The SMILES string of the molecule is COC(=O)C(=O)C(N)(C(=O)OC)C(=O)C(c1ccccc1)c1ccccc1. The van der Waals surface area contributed by atoms with Crippen LogP contribution in [0.4, 0.5) is 0 Å². The molecule has 140 valence electrons. The first-order valence-corrected chi connectivity index (χ1v) is 8.02. The fourth-order valence-electron chi connectivity index (χ4n) is 2.73. The predicted octanol–water partition coefficient (Wildman–Crippen LogP) is 1.00. The van der Waals surface area contributed by atoms with Gasteiger partial charge < -0.3 is 15.2 Å². The molecule has 0 bridgehead atoms. The number of Topliss-reactive ketones (excluding diaryl/α,β-unsaturated/α-hetero) is 2. The van der Waals surface area contributed by atoms with Gasteiger partial charge in [-0.15, -0.1) is 0 Å². The number of rotatable bonds is 7. The molecule has 0 saturated carbocycles. The van der Waals surface area contributed by atoms with Crippen molar-refractivity contribution in [2.24, 2.45) is 5.73 Å². The maximum atomic E-state index is 13.4. The minimum atomic E-state index is -2.84. The van der Waals surface area contributed by atoms with E-state index in [2.05, 4.69) is 9.47 Å². The molecule has 0 heterocycles. The van der Waals surface area contributed by atoms with Gasteiger partial charge in [0, 0.05) is 0 Å². The average Bonchev–Trinajstić information content (AvgIpc) is 2.73. The van der Waals surface area contributed by atoms with Crippen molar-refractivity contribution in [2.75, 3.05) is 14.2 Å². The van der Waals surface area contributed by atoms with Gasteiger partial charge in [-0.3, -0.25) is 9.59 Å². The number of benzene rings is 2. The number of esters is 2. The third kappa shape index (κ3) is 3.78. The van der Waals surface area contributed by atoms with E-state index >= 15 is 0 Å². The third-order valence-electron chi connectivity index (χ3n) is 4.15. The summed E-state index contributed by atoms with van der Waals surface area (Å²) in [5, 5.41) is 0. The van der Waals surface area contributed by atoms with Gasteiger partial charge in [0.15, 0.2) is 5.78 Å². The lowest BCUT2D eigenvalue weighted by Crippen LogP contribution is -2.65. The number of ketones is 2. The maximum absolute atomic E-state index is 13.4. The van der Waals surface area contributed by atoms with Crippen LogP contribution in [0, 0.1) is 0 Å². The van der Waals surface area contributed by atoms with Gasteiger partial charge in [0.2, 0.25) is 5.54 Å². The summed E-state index contributed by atoms with van der Waals surface area (Å²) in [5.74, 6) is -6.28. The molecule has 0 amide bonds. The van der Waals surface area contributed by atoms with Gasteiger partial charge in [-0.2, -0.15) is 0 Å². The summed E-state index contributed by atoms with van der Waals surface area (Å²) in [4.78, 5) is 49.9. The van der Waals surface area contributed by atoms with Crippen molar-refractivity contribution in [1.29, 1.82) is 0 Å². The highest BCUT2D eigenvalue weighted by molar-refractivity contribution is 6.49. The second-order valence-corrected chi connectivity index (χ2v) is 5.74. The van der Waals surface area contributed by atoms with E-state index in [1.807, 2.05) is 0 Å². The van der Waals surface area contributed by atoms with E-state index in [0.29, 0.717) is 11.1 Å². The monoisotopic (exact) mass is 369 g/mol. The molecule has 0 aliphatic rings. The summed E-state index contributed by atoms with van der Waals surface area (Å²) >= 11 is 0. The lowest BCUT2D eigenvalue weighted by atomic mass is 9.76. The molecule has 0 aliphatic carbocycles. The summed E-state index contributed by atoms with van der Waals surface area (Å²) in [6, 6.07) is 17.0. The lowest BCUT2D eigenvalue weighted by Gasteiger charge is -2.27. The number of carbonyl (C=O) groups is 4. The van der Waals surface area contributed by atoms with Crippen LogP contribution >= 0.6 is 0 Å². The van der Waals surface area contributed by atoms with Crippen LogP contribution in [0.2, 0.25) is 0 Å². The Morgan fingerprint density at radius 2 is 1.26 bits per heavy atom. The zero-order chi connectivity index (χ0) is 20.0. The molecular weight excluding hydrogens is 350 g/mol. The van der Waals surface area contributed by atoms with Crippen LogP contribution in [0.1, 0.15) is 17.0 Å².